The molecule has 6 nitrogen and oxygen atoms in total. The van der Waals surface area contributed by atoms with Gasteiger partial charge in [-0.25, -0.2) is 9.37 Å². The molecule has 2 heterocycles. The number of unbranched alkanes of at least 4 members (excludes halogenated alkanes) is 1. The van der Waals surface area contributed by atoms with Crippen LogP contribution in [0.3, 0.4) is 0 Å². The maximum Gasteiger partial charge on any atom is 0.259 e. The van der Waals surface area contributed by atoms with Crippen molar-refractivity contribution < 1.29 is 18.7 Å². The highest BCUT2D eigenvalue weighted by Crippen LogP contribution is 2.31. The van der Waals surface area contributed by atoms with Crippen molar-refractivity contribution in [3.8, 4) is 11.6 Å². The summed E-state index contributed by atoms with van der Waals surface area (Å²) >= 11 is 3.26. The summed E-state index contributed by atoms with van der Waals surface area (Å²) < 4.78 is 19.6. The van der Waals surface area contributed by atoms with Crippen LogP contribution in [0.4, 0.5) is 4.39 Å². The maximum atomic E-state index is 13.3. The molecule has 0 bridgehead atoms. The number of nitrogens with zero attached hydrogens (tertiary/aromatic N) is 2. The monoisotopic (exact) mass is 477 g/mol. The fourth-order valence-electron chi connectivity index (χ4n) is 3.38. The van der Waals surface area contributed by atoms with Crippen LogP contribution in [0.1, 0.15) is 43.0 Å². The normalized spacial score (nSPS) is 16.2. The van der Waals surface area contributed by atoms with Crippen LogP contribution in [0, 0.1) is 11.7 Å². The zero-order valence-electron chi connectivity index (χ0n) is 16.9. The second-order valence-electron chi connectivity index (χ2n) is 7.27. The molecule has 30 heavy (non-hydrogen) atoms. The first-order valence-electron chi connectivity index (χ1n) is 10.1. The number of piperidine rings is 1. The van der Waals surface area contributed by atoms with E-state index in [1.165, 1.54) is 24.4 Å². The van der Waals surface area contributed by atoms with E-state index in [-0.39, 0.29) is 23.6 Å². The number of amides is 2. The van der Waals surface area contributed by atoms with Crippen LogP contribution in [-0.2, 0) is 4.79 Å². The number of hydrogen-bond donors (Lipinski definition) is 1. The molecule has 1 N–H and O–H groups in total. The van der Waals surface area contributed by atoms with E-state index in [9.17, 15) is 14.0 Å². The lowest BCUT2D eigenvalue weighted by atomic mass is 9.96. The van der Waals surface area contributed by atoms with Crippen LogP contribution >= 0.6 is 15.9 Å². The van der Waals surface area contributed by atoms with Gasteiger partial charge in [-0.2, -0.15) is 0 Å². The number of carbonyl (C=O) groups is 2. The van der Waals surface area contributed by atoms with Gasteiger partial charge in [0.2, 0.25) is 11.8 Å². The first-order valence-corrected chi connectivity index (χ1v) is 10.9. The van der Waals surface area contributed by atoms with Crippen LogP contribution in [0.15, 0.2) is 41.0 Å². The molecule has 0 spiro atoms. The van der Waals surface area contributed by atoms with Gasteiger partial charge in [0.05, 0.1) is 10.4 Å². The van der Waals surface area contributed by atoms with E-state index < -0.39 is 5.82 Å². The summed E-state index contributed by atoms with van der Waals surface area (Å²) in [6.45, 7) is 3.68. The first kappa shape index (κ1) is 22.2. The summed E-state index contributed by atoms with van der Waals surface area (Å²) in [6.07, 6.45) is 5.02. The third-order valence-electron chi connectivity index (χ3n) is 5.01. The lowest BCUT2D eigenvalue weighted by molar-refractivity contribution is -0.126. The average Bonchev–Trinajstić information content (AvgIpc) is 2.76. The number of benzene rings is 1. The van der Waals surface area contributed by atoms with Crippen molar-refractivity contribution in [2.75, 3.05) is 19.6 Å². The van der Waals surface area contributed by atoms with Crippen LogP contribution in [-0.4, -0.2) is 41.3 Å². The largest absolute Gasteiger partial charge is 0.437 e. The standard InChI is InChI=1S/C22H25BrFN3O3/c1-2-3-10-25-20(28)15-6-5-12-27(14-15)22(29)17-7-4-11-26-21(17)30-19-9-8-16(24)13-18(19)23/h4,7-9,11,13,15H,2-3,5-6,10,12,14H2,1H3,(H,25,28). The summed E-state index contributed by atoms with van der Waals surface area (Å²) in [7, 11) is 0. The maximum absolute atomic E-state index is 13.3. The number of carbonyl (C=O) groups excluding carboxylic acids is 2. The molecular formula is C22H25BrFN3O3. The zero-order chi connectivity index (χ0) is 21.5. The Hall–Kier alpha value is -2.48. The molecule has 1 aromatic carbocycles. The molecule has 8 heteroatoms. The van der Waals surface area contributed by atoms with Gasteiger partial charge in [0.25, 0.3) is 5.91 Å². The SMILES string of the molecule is CCCCNC(=O)C1CCCN(C(=O)c2cccnc2Oc2ccc(F)cc2Br)C1. The molecule has 0 saturated carbocycles. The Labute approximate surface area is 183 Å². The Morgan fingerprint density at radius 2 is 2.20 bits per heavy atom. The number of hydrogen-bond acceptors (Lipinski definition) is 4. The summed E-state index contributed by atoms with van der Waals surface area (Å²) in [5.74, 6) is -0.350. The fourth-order valence-corrected chi connectivity index (χ4v) is 3.81. The minimum Gasteiger partial charge on any atom is -0.437 e. The van der Waals surface area contributed by atoms with Crippen LogP contribution in [0.5, 0.6) is 11.6 Å². The molecule has 0 radical (unpaired) electrons. The van der Waals surface area contributed by atoms with Crippen molar-refractivity contribution in [3.05, 3.63) is 52.4 Å². The number of pyridine rings is 1. The highest BCUT2D eigenvalue weighted by atomic mass is 79.9. The topological polar surface area (TPSA) is 71.5 Å². The summed E-state index contributed by atoms with van der Waals surface area (Å²) in [5.41, 5.74) is 0.306. The summed E-state index contributed by atoms with van der Waals surface area (Å²) in [6, 6.07) is 7.34. The predicted octanol–water partition coefficient (Wildman–Crippen LogP) is 4.54. The van der Waals surface area contributed by atoms with E-state index in [0.29, 0.717) is 35.4 Å². The van der Waals surface area contributed by atoms with Gasteiger partial charge < -0.3 is 15.0 Å². The highest BCUT2D eigenvalue weighted by molar-refractivity contribution is 9.10. The number of nitrogens with one attached hydrogen (secondary N) is 1. The van der Waals surface area contributed by atoms with E-state index in [2.05, 4.69) is 33.2 Å². The number of aromatic nitrogens is 1. The van der Waals surface area contributed by atoms with Gasteiger partial charge in [0, 0.05) is 25.8 Å². The molecule has 1 saturated heterocycles. The number of likely N-dealkylation sites (tertiary alicyclic amines) is 1. The van der Waals surface area contributed by atoms with Crippen molar-refractivity contribution in [2.45, 2.75) is 32.6 Å². The Kier molecular flexibility index (Phi) is 7.79. The second kappa shape index (κ2) is 10.5. The predicted molar refractivity (Wildman–Crippen MR) is 115 cm³/mol. The molecule has 1 aliphatic heterocycles. The van der Waals surface area contributed by atoms with Gasteiger partial charge in [-0.3, -0.25) is 9.59 Å². The lowest BCUT2D eigenvalue weighted by Crippen LogP contribution is -2.45. The molecule has 1 aromatic heterocycles. The van der Waals surface area contributed by atoms with Crippen molar-refractivity contribution in [3.63, 3.8) is 0 Å². The Balaban J connectivity index is 1.72. The first-order chi connectivity index (χ1) is 14.5. The number of ether oxygens (including phenoxy) is 1. The van der Waals surface area contributed by atoms with Crippen molar-refractivity contribution in [1.29, 1.82) is 0 Å². The zero-order valence-corrected chi connectivity index (χ0v) is 18.5. The Bertz CT molecular complexity index is 909. The second-order valence-corrected chi connectivity index (χ2v) is 8.12. The minimum absolute atomic E-state index is 0.00106. The van der Waals surface area contributed by atoms with Gasteiger partial charge >= 0.3 is 0 Å². The van der Waals surface area contributed by atoms with Crippen LogP contribution < -0.4 is 10.1 Å². The highest BCUT2D eigenvalue weighted by Gasteiger charge is 2.30. The third-order valence-corrected chi connectivity index (χ3v) is 5.63. The third kappa shape index (κ3) is 5.56. The molecule has 2 amide bonds. The fraction of sp³-hybridized carbons (Fsp3) is 0.409. The minimum atomic E-state index is -0.400. The average molecular weight is 478 g/mol. The van der Waals surface area contributed by atoms with Crippen molar-refractivity contribution >= 4 is 27.7 Å². The molecule has 1 fully saturated rings. The van der Waals surface area contributed by atoms with Gasteiger partial charge in [-0.1, -0.05) is 13.3 Å². The van der Waals surface area contributed by atoms with E-state index in [0.717, 1.165) is 25.7 Å². The van der Waals surface area contributed by atoms with Crippen LogP contribution in [0.2, 0.25) is 0 Å². The van der Waals surface area contributed by atoms with Crippen LogP contribution in [0.25, 0.3) is 0 Å². The van der Waals surface area contributed by atoms with E-state index in [1.54, 1.807) is 17.0 Å². The molecule has 1 unspecified atom stereocenters. The Morgan fingerprint density at radius 1 is 1.37 bits per heavy atom. The molecule has 1 aliphatic rings. The van der Waals surface area contributed by atoms with Gasteiger partial charge in [0.1, 0.15) is 17.1 Å². The van der Waals surface area contributed by atoms with Gasteiger partial charge in [-0.15, -0.1) is 0 Å². The van der Waals surface area contributed by atoms with Gasteiger partial charge in [-0.05, 0) is 65.5 Å². The van der Waals surface area contributed by atoms with E-state index in [1.807, 2.05) is 0 Å². The van der Waals surface area contributed by atoms with E-state index in [4.69, 9.17) is 4.74 Å². The number of halogens is 2. The molecule has 160 valence electrons. The summed E-state index contributed by atoms with van der Waals surface area (Å²) in [4.78, 5) is 31.5. The molecular weight excluding hydrogens is 453 g/mol. The van der Waals surface area contributed by atoms with Crippen molar-refractivity contribution in [1.82, 2.24) is 15.2 Å². The molecule has 3 rings (SSSR count). The number of rotatable bonds is 7. The molecule has 2 aromatic rings. The van der Waals surface area contributed by atoms with Gasteiger partial charge in [0.15, 0.2) is 0 Å². The summed E-state index contributed by atoms with van der Waals surface area (Å²) in [5, 5.41) is 2.96. The quantitative estimate of drug-likeness (QED) is 0.594. The smallest absolute Gasteiger partial charge is 0.259 e. The molecule has 0 aliphatic carbocycles. The van der Waals surface area contributed by atoms with E-state index >= 15 is 0 Å². The van der Waals surface area contributed by atoms with Crippen molar-refractivity contribution in [2.24, 2.45) is 5.92 Å². The Morgan fingerprint density at radius 3 is 2.97 bits per heavy atom. The lowest BCUT2D eigenvalue weighted by Gasteiger charge is -2.32. The molecule has 1 atom stereocenters.